The van der Waals surface area contributed by atoms with Crippen LogP contribution < -0.4 is 0 Å². The van der Waals surface area contributed by atoms with Crippen molar-refractivity contribution in [2.45, 2.75) is 39.3 Å². The summed E-state index contributed by atoms with van der Waals surface area (Å²) in [4.78, 5) is 10.3. The molecular weight excluding hydrogens is 197 g/mol. The Labute approximate surface area is 81.1 Å². The van der Waals surface area contributed by atoms with Gasteiger partial charge in [-0.2, -0.15) is 13.2 Å². The Hall–Kier alpha value is -0.740. The van der Waals surface area contributed by atoms with Crippen LogP contribution in [0.5, 0.6) is 0 Å². The first-order valence-corrected chi connectivity index (χ1v) is 4.49. The van der Waals surface area contributed by atoms with Crippen molar-refractivity contribution < 1.29 is 23.1 Å². The zero-order chi connectivity index (χ0) is 11.4. The standard InChI is InChI=1S/C9H15F3O2/c1-6(2)3-7(4-8(13)14)5-9(10,11)12/h6-7H,3-5H2,1-2H3,(H,13,14). The SMILES string of the molecule is CC(C)CC(CC(=O)O)CC(F)(F)F. The smallest absolute Gasteiger partial charge is 0.389 e. The molecule has 0 aromatic carbocycles. The average Bonchev–Trinajstić information content (AvgIpc) is 1.77. The van der Waals surface area contributed by atoms with Crippen LogP contribution >= 0.6 is 0 Å². The van der Waals surface area contributed by atoms with Crippen LogP contribution in [0.4, 0.5) is 13.2 Å². The topological polar surface area (TPSA) is 37.3 Å². The summed E-state index contributed by atoms with van der Waals surface area (Å²) in [6.07, 6.45) is -5.38. The van der Waals surface area contributed by atoms with Crippen molar-refractivity contribution in [2.24, 2.45) is 11.8 Å². The minimum atomic E-state index is -4.27. The van der Waals surface area contributed by atoms with E-state index in [1.807, 2.05) is 0 Å². The first-order chi connectivity index (χ1) is 6.20. The number of carboxylic acid groups (broad SMARTS) is 1. The lowest BCUT2D eigenvalue weighted by Gasteiger charge is -2.18. The molecule has 84 valence electrons. The van der Waals surface area contributed by atoms with Gasteiger partial charge in [0.25, 0.3) is 0 Å². The molecule has 5 heteroatoms. The number of carbonyl (C=O) groups is 1. The fourth-order valence-corrected chi connectivity index (χ4v) is 1.48. The summed E-state index contributed by atoms with van der Waals surface area (Å²) in [6.45, 7) is 3.57. The molecule has 0 fully saturated rings. The van der Waals surface area contributed by atoms with Gasteiger partial charge in [0.1, 0.15) is 0 Å². The van der Waals surface area contributed by atoms with Crippen LogP contribution in [0.1, 0.15) is 33.1 Å². The Kier molecular flexibility index (Phi) is 4.94. The van der Waals surface area contributed by atoms with Crippen molar-refractivity contribution in [3.8, 4) is 0 Å². The molecule has 0 saturated heterocycles. The van der Waals surface area contributed by atoms with Crippen molar-refractivity contribution in [1.29, 1.82) is 0 Å². The van der Waals surface area contributed by atoms with Gasteiger partial charge < -0.3 is 5.11 Å². The van der Waals surface area contributed by atoms with Crippen molar-refractivity contribution >= 4 is 5.97 Å². The van der Waals surface area contributed by atoms with E-state index in [0.29, 0.717) is 6.42 Å². The second-order valence-electron chi connectivity index (χ2n) is 3.91. The number of alkyl halides is 3. The first kappa shape index (κ1) is 13.3. The van der Waals surface area contributed by atoms with Gasteiger partial charge in [-0.3, -0.25) is 4.79 Å². The predicted molar refractivity (Wildman–Crippen MR) is 45.9 cm³/mol. The minimum Gasteiger partial charge on any atom is -0.481 e. The molecule has 0 aromatic rings. The summed E-state index contributed by atoms with van der Waals surface area (Å²) in [5.41, 5.74) is 0. The number of hydrogen-bond acceptors (Lipinski definition) is 1. The van der Waals surface area contributed by atoms with Gasteiger partial charge in [-0.05, 0) is 18.3 Å². The van der Waals surface area contributed by atoms with Gasteiger partial charge in [-0.25, -0.2) is 0 Å². The molecule has 0 spiro atoms. The molecule has 0 rings (SSSR count). The fourth-order valence-electron chi connectivity index (χ4n) is 1.48. The Morgan fingerprint density at radius 1 is 1.36 bits per heavy atom. The molecule has 0 bridgehead atoms. The summed E-state index contributed by atoms with van der Waals surface area (Å²) in [7, 11) is 0. The van der Waals surface area contributed by atoms with E-state index in [-0.39, 0.29) is 5.92 Å². The molecule has 0 aliphatic heterocycles. The normalized spacial score (nSPS) is 14.4. The van der Waals surface area contributed by atoms with Gasteiger partial charge in [0.2, 0.25) is 0 Å². The van der Waals surface area contributed by atoms with E-state index in [9.17, 15) is 18.0 Å². The summed E-state index contributed by atoms with van der Waals surface area (Å²) < 4.78 is 36.0. The van der Waals surface area contributed by atoms with Gasteiger partial charge in [-0.1, -0.05) is 13.8 Å². The Morgan fingerprint density at radius 3 is 2.14 bits per heavy atom. The monoisotopic (exact) mass is 212 g/mol. The summed E-state index contributed by atoms with van der Waals surface area (Å²) in [6, 6.07) is 0. The summed E-state index contributed by atoms with van der Waals surface area (Å²) in [5.74, 6) is -1.88. The average molecular weight is 212 g/mol. The maximum Gasteiger partial charge on any atom is 0.389 e. The third kappa shape index (κ3) is 7.89. The van der Waals surface area contributed by atoms with Gasteiger partial charge in [0, 0.05) is 12.8 Å². The van der Waals surface area contributed by atoms with Crippen molar-refractivity contribution in [3.05, 3.63) is 0 Å². The van der Waals surface area contributed by atoms with Crippen LogP contribution in [0.15, 0.2) is 0 Å². The fraction of sp³-hybridized carbons (Fsp3) is 0.889. The zero-order valence-electron chi connectivity index (χ0n) is 8.27. The highest BCUT2D eigenvalue weighted by Crippen LogP contribution is 2.30. The molecule has 0 radical (unpaired) electrons. The van der Waals surface area contributed by atoms with Gasteiger partial charge in [-0.15, -0.1) is 0 Å². The zero-order valence-corrected chi connectivity index (χ0v) is 8.27. The van der Waals surface area contributed by atoms with E-state index in [1.165, 1.54) is 0 Å². The number of aliphatic carboxylic acids is 1. The molecule has 1 N–H and O–H groups in total. The maximum absolute atomic E-state index is 12.0. The molecule has 1 atom stereocenters. The minimum absolute atomic E-state index is 0.0849. The molecule has 1 unspecified atom stereocenters. The van der Waals surface area contributed by atoms with Crippen LogP contribution in [0, 0.1) is 11.8 Å². The van der Waals surface area contributed by atoms with Crippen LogP contribution in [0.2, 0.25) is 0 Å². The molecule has 0 heterocycles. The molecule has 0 aromatic heterocycles. The molecule has 0 aliphatic carbocycles. The Balaban J connectivity index is 4.17. The summed E-state index contributed by atoms with van der Waals surface area (Å²) >= 11 is 0. The highest BCUT2D eigenvalue weighted by molar-refractivity contribution is 5.67. The lowest BCUT2D eigenvalue weighted by molar-refractivity contribution is -0.151. The van der Waals surface area contributed by atoms with Crippen LogP contribution in [-0.2, 0) is 4.79 Å². The van der Waals surface area contributed by atoms with E-state index in [1.54, 1.807) is 13.8 Å². The third-order valence-electron chi connectivity index (χ3n) is 1.79. The van der Waals surface area contributed by atoms with E-state index in [4.69, 9.17) is 5.11 Å². The molecule has 14 heavy (non-hydrogen) atoms. The van der Waals surface area contributed by atoms with Crippen LogP contribution in [-0.4, -0.2) is 17.3 Å². The second-order valence-corrected chi connectivity index (χ2v) is 3.91. The second kappa shape index (κ2) is 5.22. The number of rotatable bonds is 5. The van der Waals surface area contributed by atoms with Crippen molar-refractivity contribution in [3.63, 3.8) is 0 Å². The first-order valence-electron chi connectivity index (χ1n) is 4.49. The van der Waals surface area contributed by atoms with Gasteiger partial charge in [0.05, 0.1) is 0 Å². The van der Waals surface area contributed by atoms with Crippen molar-refractivity contribution in [1.82, 2.24) is 0 Å². The van der Waals surface area contributed by atoms with E-state index >= 15 is 0 Å². The number of carboxylic acids is 1. The summed E-state index contributed by atoms with van der Waals surface area (Å²) in [5, 5.41) is 8.43. The molecule has 0 amide bonds. The third-order valence-corrected chi connectivity index (χ3v) is 1.79. The molecule has 0 saturated carbocycles. The lowest BCUT2D eigenvalue weighted by Crippen LogP contribution is -2.19. The number of halogens is 3. The Bertz CT molecular complexity index is 187. The Morgan fingerprint density at radius 2 is 1.86 bits per heavy atom. The van der Waals surface area contributed by atoms with E-state index < -0.39 is 30.9 Å². The highest BCUT2D eigenvalue weighted by Gasteiger charge is 2.32. The molecule has 2 nitrogen and oxygen atoms in total. The van der Waals surface area contributed by atoms with E-state index in [2.05, 4.69) is 0 Å². The van der Waals surface area contributed by atoms with Gasteiger partial charge >= 0.3 is 12.1 Å². The predicted octanol–water partition coefficient (Wildman–Crippen LogP) is 3.08. The van der Waals surface area contributed by atoms with Crippen LogP contribution in [0.3, 0.4) is 0 Å². The van der Waals surface area contributed by atoms with E-state index in [0.717, 1.165) is 0 Å². The highest BCUT2D eigenvalue weighted by atomic mass is 19.4. The molecular formula is C9H15F3O2. The maximum atomic E-state index is 12.0. The van der Waals surface area contributed by atoms with Crippen LogP contribution in [0.25, 0.3) is 0 Å². The number of hydrogen-bond donors (Lipinski definition) is 1. The van der Waals surface area contributed by atoms with Gasteiger partial charge in [0.15, 0.2) is 0 Å². The van der Waals surface area contributed by atoms with Crippen molar-refractivity contribution in [2.75, 3.05) is 0 Å². The quantitative estimate of drug-likeness (QED) is 0.760. The largest absolute Gasteiger partial charge is 0.481 e. The lowest BCUT2D eigenvalue weighted by atomic mass is 9.91. The molecule has 0 aliphatic rings.